The molecule has 2 N–H and O–H groups in total. The fraction of sp³-hybridized carbons (Fsp3) is 0.467. The van der Waals surface area contributed by atoms with Gasteiger partial charge in [0.1, 0.15) is 5.75 Å². The molecule has 0 spiro atoms. The number of hydrogen-bond donors (Lipinski definition) is 2. The number of ether oxygens (including phenoxy) is 1. The van der Waals surface area contributed by atoms with Gasteiger partial charge in [0.25, 0.3) is 0 Å². The molecule has 7 nitrogen and oxygen atoms in total. The Morgan fingerprint density at radius 1 is 1.09 bits per heavy atom. The van der Waals surface area contributed by atoms with Crippen LogP contribution in [0.4, 0.5) is 0 Å². The lowest BCUT2D eigenvalue weighted by molar-refractivity contribution is -0.142. The van der Waals surface area contributed by atoms with Gasteiger partial charge in [0.2, 0.25) is 0 Å². The maximum atomic E-state index is 11.8. The molecule has 1 saturated heterocycles. The van der Waals surface area contributed by atoms with E-state index in [1.54, 1.807) is 12.1 Å². The molecule has 0 atom stereocenters. The van der Waals surface area contributed by atoms with E-state index in [0.29, 0.717) is 19.6 Å². The Morgan fingerprint density at radius 3 is 2.32 bits per heavy atom. The molecule has 1 aromatic carbocycles. The van der Waals surface area contributed by atoms with Crippen molar-refractivity contribution in [3.8, 4) is 5.75 Å². The molecule has 0 bridgehead atoms. The Kier molecular flexibility index (Phi) is 5.74. The second-order valence-corrected chi connectivity index (χ2v) is 5.26. The first-order valence-corrected chi connectivity index (χ1v) is 7.23. The topological polar surface area (TPSA) is 73.9 Å². The van der Waals surface area contributed by atoms with Crippen molar-refractivity contribution in [1.82, 2.24) is 20.7 Å². The molecule has 22 heavy (non-hydrogen) atoms. The van der Waals surface area contributed by atoms with Gasteiger partial charge in [0, 0.05) is 32.7 Å². The fourth-order valence-corrected chi connectivity index (χ4v) is 2.12. The molecule has 0 saturated carbocycles. The summed E-state index contributed by atoms with van der Waals surface area (Å²) in [4.78, 5) is 25.8. The Morgan fingerprint density at radius 2 is 1.73 bits per heavy atom. The second kappa shape index (κ2) is 7.77. The number of methoxy groups -OCH3 is 1. The van der Waals surface area contributed by atoms with E-state index in [1.165, 1.54) is 0 Å². The fourth-order valence-electron chi connectivity index (χ4n) is 2.12. The molecule has 0 aromatic heterocycles. The summed E-state index contributed by atoms with van der Waals surface area (Å²) in [6, 6.07) is 7.31. The normalized spacial score (nSPS) is 16.1. The Labute approximate surface area is 130 Å². The molecule has 2 amide bonds. The summed E-state index contributed by atoms with van der Waals surface area (Å²) in [6.45, 7) is 3.47. The van der Waals surface area contributed by atoms with Crippen molar-refractivity contribution in [2.24, 2.45) is 0 Å². The molecule has 1 heterocycles. The molecular formula is C15H22N4O3. The first kappa shape index (κ1) is 16.3. The van der Waals surface area contributed by atoms with E-state index >= 15 is 0 Å². The summed E-state index contributed by atoms with van der Waals surface area (Å²) in [5.74, 6) is -0.504. The van der Waals surface area contributed by atoms with Crippen molar-refractivity contribution in [1.29, 1.82) is 0 Å². The highest BCUT2D eigenvalue weighted by Crippen LogP contribution is 2.10. The average molecular weight is 306 g/mol. The van der Waals surface area contributed by atoms with Crippen LogP contribution in [0, 0.1) is 0 Å². The number of benzene rings is 1. The summed E-state index contributed by atoms with van der Waals surface area (Å²) in [7, 11) is 3.63. The first-order valence-electron chi connectivity index (χ1n) is 7.23. The Balaban J connectivity index is 1.75. The van der Waals surface area contributed by atoms with Crippen LogP contribution >= 0.6 is 0 Å². The third-order valence-corrected chi connectivity index (χ3v) is 3.58. The summed E-state index contributed by atoms with van der Waals surface area (Å²) >= 11 is 0. The van der Waals surface area contributed by atoms with Gasteiger partial charge in [0.15, 0.2) is 0 Å². The predicted molar refractivity (Wildman–Crippen MR) is 82.1 cm³/mol. The smallest absolute Gasteiger partial charge is 0.323 e. The van der Waals surface area contributed by atoms with Crippen LogP contribution in [0.25, 0.3) is 0 Å². The van der Waals surface area contributed by atoms with Gasteiger partial charge in [-0.05, 0) is 24.7 Å². The highest BCUT2D eigenvalue weighted by molar-refractivity contribution is 6.34. The number of nitrogens with one attached hydrogen (secondary N) is 2. The minimum Gasteiger partial charge on any atom is -0.497 e. The number of nitrogens with zero attached hydrogens (tertiary/aromatic N) is 2. The van der Waals surface area contributed by atoms with Crippen molar-refractivity contribution < 1.29 is 14.3 Å². The van der Waals surface area contributed by atoms with E-state index in [1.807, 2.05) is 31.3 Å². The van der Waals surface area contributed by atoms with Gasteiger partial charge in [-0.15, -0.1) is 0 Å². The van der Waals surface area contributed by atoms with Crippen LogP contribution in [0.3, 0.4) is 0 Å². The maximum absolute atomic E-state index is 11.8. The molecule has 7 heteroatoms. The summed E-state index contributed by atoms with van der Waals surface area (Å²) in [5.41, 5.74) is 3.53. The van der Waals surface area contributed by atoms with Crippen molar-refractivity contribution in [2.45, 2.75) is 6.54 Å². The van der Waals surface area contributed by atoms with E-state index < -0.39 is 11.8 Å². The van der Waals surface area contributed by atoms with Gasteiger partial charge in [0.05, 0.1) is 7.11 Å². The maximum Gasteiger partial charge on any atom is 0.323 e. The highest BCUT2D eigenvalue weighted by Gasteiger charge is 2.19. The molecule has 120 valence electrons. The van der Waals surface area contributed by atoms with E-state index in [9.17, 15) is 9.59 Å². The van der Waals surface area contributed by atoms with E-state index in [0.717, 1.165) is 24.4 Å². The molecule has 2 rings (SSSR count). The molecular weight excluding hydrogens is 284 g/mol. The van der Waals surface area contributed by atoms with Gasteiger partial charge < -0.3 is 15.0 Å². The Bertz CT molecular complexity index is 510. The van der Waals surface area contributed by atoms with Crippen LogP contribution in [0.5, 0.6) is 5.75 Å². The lowest BCUT2D eigenvalue weighted by Crippen LogP contribution is -2.55. The van der Waals surface area contributed by atoms with Gasteiger partial charge in [-0.1, -0.05) is 12.1 Å². The highest BCUT2D eigenvalue weighted by atomic mass is 16.5. The number of carbonyl (C=O) groups is 2. The molecule has 1 aromatic rings. The number of rotatable bonds is 4. The zero-order chi connectivity index (χ0) is 15.9. The summed E-state index contributed by atoms with van der Waals surface area (Å²) < 4.78 is 5.06. The van der Waals surface area contributed by atoms with Crippen LogP contribution < -0.4 is 15.5 Å². The zero-order valence-corrected chi connectivity index (χ0v) is 13.0. The molecule has 1 aliphatic heterocycles. The number of piperazine rings is 1. The predicted octanol–water partition coefficient (Wildman–Crippen LogP) is -0.410. The van der Waals surface area contributed by atoms with Crippen LogP contribution in [-0.2, 0) is 16.1 Å². The molecule has 1 aliphatic rings. The van der Waals surface area contributed by atoms with Crippen molar-refractivity contribution in [3.05, 3.63) is 29.8 Å². The standard InChI is InChI=1S/C15H22N4O3/c1-18-7-9-19(10-8-18)17-15(21)14(20)16-11-12-3-5-13(22-2)6-4-12/h3-6H,7-11H2,1-2H3,(H,16,20)(H,17,21). The number of carbonyl (C=O) groups excluding carboxylic acids is 2. The SMILES string of the molecule is COc1ccc(CNC(=O)C(=O)NN2CCN(C)CC2)cc1. The largest absolute Gasteiger partial charge is 0.497 e. The van der Waals surface area contributed by atoms with Crippen LogP contribution in [0.1, 0.15) is 5.56 Å². The van der Waals surface area contributed by atoms with Gasteiger partial charge in [-0.25, -0.2) is 5.01 Å². The van der Waals surface area contributed by atoms with Crippen molar-refractivity contribution >= 4 is 11.8 Å². The Hall–Kier alpha value is -2.12. The van der Waals surface area contributed by atoms with Gasteiger partial charge in [-0.3, -0.25) is 15.0 Å². The zero-order valence-electron chi connectivity index (χ0n) is 13.0. The van der Waals surface area contributed by atoms with Gasteiger partial charge >= 0.3 is 11.8 Å². The molecule has 0 aliphatic carbocycles. The third-order valence-electron chi connectivity index (χ3n) is 3.58. The third kappa shape index (κ3) is 4.71. The minimum atomic E-state index is -0.630. The van der Waals surface area contributed by atoms with E-state index in [2.05, 4.69) is 15.6 Å². The van der Waals surface area contributed by atoms with Crippen molar-refractivity contribution in [2.75, 3.05) is 40.3 Å². The minimum absolute atomic E-state index is 0.305. The van der Waals surface area contributed by atoms with Crippen LogP contribution in [0.15, 0.2) is 24.3 Å². The first-order chi connectivity index (χ1) is 10.6. The summed E-state index contributed by atoms with van der Waals surface area (Å²) in [5, 5.41) is 4.38. The lowest BCUT2D eigenvalue weighted by atomic mass is 10.2. The second-order valence-electron chi connectivity index (χ2n) is 5.26. The lowest BCUT2D eigenvalue weighted by Gasteiger charge is -2.32. The number of hydrogen-bond acceptors (Lipinski definition) is 5. The molecule has 0 unspecified atom stereocenters. The summed E-state index contributed by atoms with van der Waals surface area (Å²) in [6.07, 6.45) is 0. The molecule has 1 fully saturated rings. The van der Waals surface area contributed by atoms with E-state index in [4.69, 9.17) is 4.74 Å². The quantitative estimate of drug-likeness (QED) is 0.740. The van der Waals surface area contributed by atoms with E-state index in [-0.39, 0.29) is 0 Å². The number of hydrazine groups is 1. The van der Waals surface area contributed by atoms with Gasteiger partial charge in [-0.2, -0.15) is 0 Å². The monoisotopic (exact) mass is 306 g/mol. The van der Waals surface area contributed by atoms with Crippen LogP contribution in [-0.4, -0.2) is 62.1 Å². The van der Waals surface area contributed by atoms with Crippen LogP contribution in [0.2, 0.25) is 0 Å². The van der Waals surface area contributed by atoms with Crippen molar-refractivity contribution in [3.63, 3.8) is 0 Å². The number of likely N-dealkylation sites (N-methyl/N-ethyl adjacent to an activating group) is 1. The molecule has 0 radical (unpaired) electrons. The number of amides is 2. The average Bonchev–Trinajstić information content (AvgIpc) is 2.55.